The van der Waals surface area contributed by atoms with Gasteiger partial charge in [-0.25, -0.2) is 9.78 Å². The van der Waals surface area contributed by atoms with Crippen LogP contribution in [-0.4, -0.2) is 52.3 Å². The molecule has 0 saturated carbocycles. The molecule has 7 nitrogen and oxygen atoms in total. The van der Waals surface area contributed by atoms with Crippen molar-refractivity contribution >= 4 is 27.6 Å². The summed E-state index contributed by atoms with van der Waals surface area (Å²) in [4.78, 5) is 33.9. The molecule has 1 aliphatic heterocycles. The first kappa shape index (κ1) is 23.1. The van der Waals surface area contributed by atoms with Crippen LogP contribution in [0.15, 0.2) is 35.4 Å². The number of benzene rings is 1. The van der Waals surface area contributed by atoms with Gasteiger partial charge in [0.25, 0.3) is 5.56 Å². The predicted molar refractivity (Wildman–Crippen MR) is 135 cm³/mol. The van der Waals surface area contributed by atoms with Gasteiger partial charge in [0, 0.05) is 30.1 Å². The smallest absolute Gasteiger partial charge is 0.409 e. The highest BCUT2D eigenvalue weighted by Crippen LogP contribution is 2.34. The Hall–Kier alpha value is -2.71. The number of rotatable bonds is 5. The van der Waals surface area contributed by atoms with Gasteiger partial charge in [-0.15, -0.1) is 11.3 Å². The molecule has 1 aliphatic carbocycles. The highest BCUT2D eigenvalue weighted by Gasteiger charge is 2.29. The first-order valence-electron chi connectivity index (χ1n) is 12.2. The van der Waals surface area contributed by atoms with E-state index in [4.69, 9.17) is 4.74 Å². The standard InChI is InChI=1S/C26H32N4O3S/c1-3-33-26(32)29-12-10-19(11-13-29)28-20-8-9-21-22(14-20)34-24-23(21)25(31)30(16-27-24)15-18-6-4-17(2)5-7-18/h4-7,16,19-20,28H,3,8-15H2,1-2H3/t20-/m1/s1. The van der Waals surface area contributed by atoms with E-state index in [0.717, 1.165) is 61.0 Å². The molecule has 0 spiro atoms. The summed E-state index contributed by atoms with van der Waals surface area (Å²) in [7, 11) is 0. The number of piperidine rings is 1. The Bertz CT molecular complexity index is 1230. The van der Waals surface area contributed by atoms with E-state index in [1.54, 1.807) is 27.1 Å². The zero-order valence-corrected chi connectivity index (χ0v) is 20.7. The fourth-order valence-corrected chi connectivity index (χ4v) is 6.38. The molecule has 1 fully saturated rings. The van der Waals surface area contributed by atoms with E-state index >= 15 is 0 Å². The van der Waals surface area contributed by atoms with Crippen LogP contribution in [-0.2, 0) is 24.1 Å². The number of ether oxygens (including phenoxy) is 1. The molecule has 2 aliphatic rings. The summed E-state index contributed by atoms with van der Waals surface area (Å²) in [5, 5.41) is 4.64. The molecule has 3 aromatic rings. The van der Waals surface area contributed by atoms with Gasteiger partial charge in [-0.05, 0) is 57.1 Å². The fraction of sp³-hybridized carbons (Fsp3) is 0.500. The van der Waals surface area contributed by atoms with Gasteiger partial charge >= 0.3 is 6.09 Å². The number of carbonyl (C=O) groups excluding carboxylic acids is 1. The fourth-order valence-electron chi connectivity index (χ4n) is 5.12. The third-order valence-electron chi connectivity index (χ3n) is 7.00. The van der Waals surface area contributed by atoms with Crippen molar-refractivity contribution in [2.24, 2.45) is 0 Å². The van der Waals surface area contributed by atoms with Gasteiger partial charge in [0.15, 0.2) is 0 Å². The van der Waals surface area contributed by atoms with Crippen molar-refractivity contribution in [3.63, 3.8) is 0 Å². The van der Waals surface area contributed by atoms with Gasteiger partial charge in [-0.2, -0.15) is 0 Å². The summed E-state index contributed by atoms with van der Waals surface area (Å²) in [5.41, 5.74) is 3.59. The Kier molecular flexibility index (Phi) is 6.70. The number of nitrogens with one attached hydrogen (secondary N) is 1. The molecule has 8 heteroatoms. The topological polar surface area (TPSA) is 76.5 Å². The van der Waals surface area contributed by atoms with E-state index in [0.29, 0.717) is 25.2 Å². The molecule has 1 atom stereocenters. The number of fused-ring (bicyclic) bond motifs is 3. The zero-order chi connectivity index (χ0) is 23.7. The molecule has 1 N–H and O–H groups in total. The molecule has 0 unspecified atom stereocenters. The molecule has 1 amide bonds. The Balaban J connectivity index is 1.26. The molecular weight excluding hydrogens is 448 g/mol. The summed E-state index contributed by atoms with van der Waals surface area (Å²) in [6.45, 7) is 6.34. The summed E-state index contributed by atoms with van der Waals surface area (Å²) in [5.74, 6) is 0. The highest BCUT2D eigenvalue weighted by atomic mass is 32.1. The average molecular weight is 481 g/mol. The maximum atomic E-state index is 13.3. The van der Waals surface area contributed by atoms with E-state index in [2.05, 4.69) is 41.5 Å². The minimum Gasteiger partial charge on any atom is -0.450 e. The lowest BCUT2D eigenvalue weighted by molar-refractivity contribution is 0.0940. The second-order valence-electron chi connectivity index (χ2n) is 9.41. The van der Waals surface area contributed by atoms with E-state index in [9.17, 15) is 9.59 Å². The number of aromatic nitrogens is 2. The van der Waals surface area contributed by atoms with Crippen LogP contribution >= 0.6 is 11.3 Å². The molecule has 1 aromatic carbocycles. The molecule has 0 bridgehead atoms. The molecule has 3 heterocycles. The lowest BCUT2D eigenvalue weighted by atomic mass is 9.91. The third kappa shape index (κ3) is 4.74. The van der Waals surface area contributed by atoms with Crippen molar-refractivity contribution in [3.05, 3.63) is 62.5 Å². The molecule has 0 radical (unpaired) electrons. The van der Waals surface area contributed by atoms with Crippen LogP contribution in [0.2, 0.25) is 0 Å². The second-order valence-corrected chi connectivity index (χ2v) is 10.5. The van der Waals surface area contributed by atoms with E-state index in [-0.39, 0.29) is 11.7 Å². The lowest BCUT2D eigenvalue weighted by Crippen LogP contribution is -2.49. The number of aryl methyl sites for hydroxylation is 2. The Morgan fingerprint density at radius 2 is 1.94 bits per heavy atom. The maximum absolute atomic E-state index is 13.3. The SMILES string of the molecule is CCOC(=O)N1CCC(N[C@@H]2CCc3c(sc4ncn(Cc5ccc(C)cc5)c(=O)c34)C2)CC1. The summed E-state index contributed by atoms with van der Waals surface area (Å²) >= 11 is 1.67. The van der Waals surface area contributed by atoms with Crippen LogP contribution in [0.1, 0.15) is 47.8 Å². The first-order chi connectivity index (χ1) is 16.5. The third-order valence-corrected chi connectivity index (χ3v) is 8.16. The number of hydrogen-bond donors (Lipinski definition) is 1. The maximum Gasteiger partial charge on any atom is 0.409 e. The summed E-state index contributed by atoms with van der Waals surface area (Å²) in [6.07, 6.45) is 6.24. The minimum absolute atomic E-state index is 0.0702. The van der Waals surface area contributed by atoms with Crippen molar-refractivity contribution in [3.8, 4) is 0 Å². The monoisotopic (exact) mass is 480 g/mol. The quantitative estimate of drug-likeness (QED) is 0.600. The normalized spacial score (nSPS) is 18.8. The number of carbonyl (C=O) groups is 1. The Labute approximate surface area is 203 Å². The molecule has 2 aromatic heterocycles. The van der Waals surface area contributed by atoms with Gasteiger partial charge in [0.05, 0.1) is 24.9 Å². The van der Waals surface area contributed by atoms with Crippen molar-refractivity contribution in [2.75, 3.05) is 19.7 Å². The molecule has 180 valence electrons. The molecular formula is C26H32N4O3S. The van der Waals surface area contributed by atoms with Crippen LogP contribution in [0.3, 0.4) is 0 Å². The predicted octanol–water partition coefficient (Wildman–Crippen LogP) is 3.88. The highest BCUT2D eigenvalue weighted by molar-refractivity contribution is 7.18. The van der Waals surface area contributed by atoms with Gasteiger partial charge in [0.2, 0.25) is 0 Å². The van der Waals surface area contributed by atoms with E-state index < -0.39 is 0 Å². The van der Waals surface area contributed by atoms with Crippen LogP contribution < -0.4 is 10.9 Å². The van der Waals surface area contributed by atoms with Crippen LogP contribution in [0.4, 0.5) is 4.79 Å². The number of thiophene rings is 1. The van der Waals surface area contributed by atoms with Crippen molar-refractivity contribution in [2.45, 2.75) is 64.6 Å². The summed E-state index contributed by atoms with van der Waals surface area (Å²) in [6, 6.07) is 9.11. The molecule has 34 heavy (non-hydrogen) atoms. The zero-order valence-electron chi connectivity index (χ0n) is 19.9. The Morgan fingerprint density at radius 3 is 2.68 bits per heavy atom. The average Bonchev–Trinajstić information content (AvgIpc) is 3.21. The number of nitrogens with zero attached hydrogens (tertiary/aromatic N) is 3. The van der Waals surface area contributed by atoms with Crippen molar-refractivity contribution in [1.82, 2.24) is 19.8 Å². The van der Waals surface area contributed by atoms with E-state index in [1.807, 2.05) is 6.92 Å². The van der Waals surface area contributed by atoms with Crippen molar-refractivity contribution in [1.29, 1.82) is 0 Å². The number of likely N-dealkylation sites (tertiary alicyclic amines) is 1. The van der Waals surface area contributed by atoms with Crippen LogP contribution in [0.25, 0.3) is 10.2 Å². The molecule has 5 rings (SSSR count). The van der Waals surface area contributed by atoms with Crippen LogP contribution in [0.5, 0.6) is 0 Å². The lowest BCUT2D eigenvalue weighted by Gasteiger charge is -2.35. The minimum atomic E-state index is -0.200. The number of amides is 1. The van der Waals surface area contributed by atoms with Gasteiger partial charge < -0.3 is 15.0 Å². The van der Waals surface area contributed by atoms with Gasteiger partial charge in [0.1, 0.15) is 4.83 Å². The number of hydrogen-bond acceptors (Lipinski definition) is 6. The van der Waals surface area contributed by atoms with Crippen LogP contribution in [0, 0.1) is 6.92 Å². The summed E-state index contributed by atoms with van der Waals surface area (Å²) < 4.78 is 6.86. The van der Waals surface area contributed by atoms with Crippen molar-refractivity contribution < 1.29 is 9.53 Å². The van der Waals surface area contributed by atoms with E-state index in [1.165, 1.54) is 16.0 Å². The largest absolute Gasteiger partial charge is 0.450 e. The second kappa shape index (κ2) is 9.88. The van der Waals surface area contributed by atoms with Gasteiger partial charge in [-0.1, -0.05) is 29.8 Å². The molecule has 1 saturated heterocycles. The Morgan fingerprint density at radius 1 is 1.18 bits per heavy atom. The first-order valence-corrected chi connectivity index (χ1v) is 13.1. The van der Waals surface area contributed by atoms with Gasteiger partial charge in [-0.3, -0.25) is 9.36 Å².